The summed E-state index contributed by atoms with van der Waals surface area (Å²) in [5, 5.41) is 3.04. The van der Waals surface area contributed by atoms with Gasteiger partial charge in [-0.15, -0.1) is 11.3 Å². The molecule has 6 heteroatoms. The topological polar surface area (TPSA) is 54.5 Å². The van der Waals surface area contributed by atoms with Gasteiger partial charge in [-0.05, 0) is 54.6 Å². The lowest BCUT2D eigenvalue weighted by Gasteiger charge is -2.28. The van der Waals surface area contributed by atoms with Crippen LogP contribution in [0.5, 0.6) is 0 Å². The number of thiophene rings is 1. The summed E-state index contributed by atoms with van der Waals surface area (Å²) in [5.41, 5.74) is 2.80. The summed E-state index contributed by atoms with van der Waals surface area (Å²) in [5.74, 6) is -0.242. The van der Waals surface area contributed by atoms with Gasteiger partial charge >= 0.3 is 0 Å². The van der Waals surface area contributed by atoms with Crippen LogP contribution in [0.2, 0.25) is 0 Å². The van der Waals surface area contributed by atoms with Gasteiger partial charge in [-0.1, -0.05) is 12.1 Å². The van der Waals surface area contributed by atoms with Crippen LogP contribution in [0.4, 0.5) is 5.69 Å². The third-order valence-corrected chi connectivity index (χ3v) is 5.91. The number of benzene rings is 1. The maximum Gasteiger partial charge on any atom is 0.268 e. The molecule has 1 aromatic carbocycles. The van der Waals surface area contributed by atoms with Crippen molar-refractivity contribution in [3.8, 4) is 0 Å². The first-order valence-corrected chi connectivity index (χ1v) is 9.81. The Morgan fingerprint density at radius 2 is 1.91 bits per heavy atom. The molecular formula is C17H17NO3S2. The molecule has 0 radical (unpaired) electrons. The molecular weight excluding hydrogens is 330 g/mol. The number of carbonyl (C=O) groups excluding carboxylic acids is 1. The van der Waals surface area contributed by atoms with E-state index in [0.717, 1.165) is 16.8 Å². The van der Waals surface area contributed by atoms with Crippen LogP contribution in [0.1, 0.15) is 20.8 Å². The van der Waals surface area contributed by atoms with Gasteiger partial charge in [0, 0.05) is 11.1 Å². The van der Waals surface area contributed by atoms with Crippen LogP contribution < -0.4 is 4.90 Å². The van der Waals surface area contributed by atoms with Crippen LogP contribution in [-0.4, -0.2) is 26.1 Å². The van der Waals surface area contributed by atoms with Crippen molar-refractivity contribution in [3.05, 3.63) is 63.2 Å². The Hall–Kier alpha value is -1.92. The Morgan fingerprint density at radius 3 is 2.43 bits per heavy atom. The van der Waals surface area contributed by atoms with Crippen molar-refractivity contribution in [1.29, 1.82) is 0 Å². The van der Waals surface area contributed by atoms with Crippen LogP contribution in [0, 0.1) is 13.8 Å². The highest BCUT2D eigenvalue weighted by Gasteiger charge is 2.32. The van der Waals surface area contributed by atoms with Crippen LogP contribution in [0.15, 0.2) is 47.2 Å². The van der Waals surface area contributed by atoms with E-state index in [-0.39, 0.29) is 11.7 Å². The first-order valence-electron chi connectivity index (χ1n) is 7.22. The minimum Gasteiger partial charge on any atom is -0.300 e. The number of carbonyl (C=O) groups is 1. The average molecular weight is 347 g/mol. The highest BCUT2D eigenvalue weighted by atomic mass is 32.2. The highest BCUT2D eigenvalue weighted by Crippen LogP contribution is 2.28. The molecule has 4 nitrogen and oxygen atoms in total. The summed E-state index contributed by atoms with van der Waals surface area (Å²) in [7, 11) is -3.24. The quantitative estimate of drug-likeness (QED) is 0.856. The summed E-state index contributed by atoms with van der Waals surface area (Å²) in [4.78, 5) is 15.1. The zero-order valence-corrected chi connectivity index (χ0v) is 14.5. The van der Waals surface area contributed by atoms with E-state index >= 15 is 0 Å². The number of rotatable bonds is 3. The van der Waals surface area contributed by atoms with Crippen LogP contribution in [0.3, 0.4) is 0 Å². The summed E-state index contributed by atoms with van der Waals surface area (Å²) < 4.78 is 23.6. The van der Waals surface area contributed by atoms with Crippen molar-refractivity contribution in [2.45, 2.75) is 19.9 Å². The predicted molar refractivity (Wildman–Crippen MR) is 93.8 cm³/mol. The molecule has 1 aliphatic rings. The van der Waals surface area contributed by atoms with Gasteiger partial charge in [0.05, 0.1) is 16.7 Å². The molecule has 1 amide bonds. The van der Waals surface area contributed by atoms with E-state index in [0.29, 0.717) is 4.88 Å². The number of hydrogen-bond acceptors (Lipinski definition) is 4. The summed E-state index contributed by atoms with van der Waals surface area (Å²) in [6.07, 6.45) is 1.60. The molecule has 0 saturated heterocycles. The number of amides is 1. The van der Waals surface area contributed by atoms with Crippen molar-refractivity contribution in [2.75, 3.05) is 10.7 Å². The molecule has 0 aliphatic carbocycles. The van der Waals surface area contributed by atoms with Crippen LogP contribution in [-0.2, 0) is 9.84 Å². The van der Waals surface area contributed by atoms with Crippen molar-refractivity contribution < 1.29 is 13.2 Å². The smallest absolute Gasteiger partial charge is 0.268 e. The first-order chi connectivity index (χ1) is 10.9. The number of aryl methyl sites for hydroxylation is 2. The van der Waals surface area contributed by atoms with E-state index in [2.05, 4.69) is 0 Å². The maximum atomic E-state index is 12.9. The van der Waals surface area contributed by atoms with Crippen molar-refractivity contribution in [1.82, 2.24) is 0 Å². The molecule has 1 atom stereocenters. The Morgan fingerprint density at radius 1 is 1.22 bits per heavy atom. The SMILES string of the molecule is Cc1cc(C)cc(N(C(=O)c2cccs2)[C@H]2C=CS(=O)(=O)C2)c1. The Labute approximate surface area is 140 Å². The monoisotopic (exact) mass is 347 g/mol. The second-order valence-corrected chi connectivity index (χ2v) is 8.60. The highest BCUT2D eigenvalue weighted by molar-refractivity contribution is 7.94. The molecule has 23 heavy (non-hydrogen) atoms. The molecule has 1 aromatic heterocycles. The fourth-order valence-corrected chi connectivity index (χ4v) is 4.72. The molecule has 0 saturated carbocycles. The largest absolute Gasteiger partial charge is 0.300 e. The van der Waals surface area contributed by atoms with Gasteiger partial charge in [-0.2, -0.15) is 0 Å². The van der Waals surface area contributed by atoms with Gasteiger partial charge < -0.3 is 0 Å². The van der Waals surface area contributed by atoms with E-state index < -0.39 is 15.9 Å². The van der Waals surface area contributed by atoms with Crippen molar-refractivity contribution in [3.63, 3.8) is 0 Å². The number of anilines is 1. The molecule has 0 fully saturated rings. The van der Waals surface area contributed by atoms with Gasteiger partial charge in [0.1, 0.15) is 0 Å². The molecule has 3 rings (SSSR count). The minimum absolute atomic E-state index is 0.0723. The third kappa shape index (κ3) is 3.38. The normalized spacial score (nSPS) is 19.0. The summed E-state index contributed by atoms with van der Waals surface area (Å²) >= 11 is 1.36. The molecule has 2 aromatic rings. The average Bonchev–Trinajstić information content (AvgIpc) is 3.07. The number of sulfone groups is 1. The van der Waals surface area contributed by atoms with Gasteiger partial charge in [-0.3, -0.25) is 9.69 Å². The van der Waals surface area contributed by atoms with Crippen LogP contribution in [0.25, 0.3) is 0 Å². The molecule has 0 spiro atoms. The Bertz CT molecular complexity index is 847. The zero-order chi connectivity index (χ0) is 16.6. The molecule has 0 N–H and O–H groups in total. The van der Waals surface area contributed by atoms with E-state index in [1.807, 2.05) is 43.5 Å². The van der Waals surface area contributed by atoms with E-state index in [4.69, 9.17) is 0 Å². The lowest BCUT2D eigenvalue weighted by Crippen LogP contribution is -2.41. The standard InChI is InChI=1S/C17H17NO3S2/c1-12-8-13(2)10-15(9-12)18(14-5-7-23(20,21)11-14)17(19)16-4-3-6-22-16/h3-10,14H,11H2,1-2H3/t14-/m0/s1. The van der Waals surface area contributed by atoms with E-state index in [1.54, 1.807) is 17.0 Å². The molecule has 1 aliphatic heterocycles. The lowest BCUT2D eigenvalue weighted by molar-refractivity contribution is 0.0987. The fourth-order valence-electron chi connectivity index (χ4n) is 2.79. The summed E-state index contributed by atoms with van der Waals surface area (Å²) in [6, 6.07) is 8.96. The molecule has 0 bridgehead atoms. The minimum atomic E-state index is -3.24. The Kier molecular flexibility index (Phi) is 4.12. The van der Waals surface area contributed by atoms with Gasteiger partial charge in [0.15, 0.2) is 9.84 Å². The fraction of sp³-hybridized carbons (Fsp3) is 0.235. The van der Waals surface area contributed by atoms with Crippen molar-refractivity contribution >= 4 is 32.8 Å². The zero-order valence-electron chi connectivity index (χ0n) is 12.9. The van der Waals surface area contributed by atoms with E-state index in [9.17, 15) is 13.2 Å². The second kappa shape index (κ2) is 5.94. The van der Waals surface area contributed by atoms with E-state index in [1.165, 1.54) is 16.7 Å². The van der Waals surface area contributed by atoms with Gasteiger partial charge in [-0.25, -0.2) is 8.42 Å². The lowest BCUT2D eigenvalue weighted by atomic mass is 10.1. The molecule has 120 valence electrons. The number of hydrogen-bond donors (Lipinski definition) is 0. The first kappa shape index (κ1) is 16.0. The maximum absolute atomic E-state index is 12.9. The van der Waals surface area contributed by atoms with Gasteiger partial charge in [0.2, 0.25) is 0 Å². The number of nitrogens with zero attached hydrogens (tertiary/aromatic N) is 1. The second-order valence-electron chi connectivity index (χ2n) is 5.72. The summed E-state index contributed by atoms with van der Waals surface area (Å²) in [6.45, 7) is 3.93. The molecule has 0 unspecified atom stereocenters. The predicted octanol–water partition coefficient (Wildman–Crippen LogP) is 3.32. The van der Waals surface area contributed by atoms with Gasteiger partial charge in [0.25, 0.3) is 5.91 Å². The third-order valence-electron chi connectivity index (χ3n) is 3.68. The Balaban J connectivity index is 2.07. The van der Waals surface area contributed by atoms with Crippen LogP contribution >= 0.6 is 11.3 Å². The molecule has 2 heterocycles. The van der Waals surface area contributed by atoms with Crippen molar-refractivity contribution in [2.24, 2.45) is 0 Å².